The van der Waals surface area contributed by atoms with Crippen molar-refractivity contribution in [3.63, 3.8) is 0 Å². The summed E-state index contributed by atoms with van der Waals surface area (Å²) < 4.78 is 19.6. The second kappa shape index (κ2) is 6.55. The van der Waals surface area contributed by atoms with Gasteiger partial charge in [-0.25, -0.2) is 4.39 Å². The molecule has 0 spiro atoms. The fourth-order valence-electron chi connectivity index (χ4n) is 2.69. The first-order valence-corrected chi connectivity index (χ1v) is 7.37. The topological polar surface area (TPSA) is 38.5 Å². The van der Waals surface area contributed by atoms with Gasteiger partial charge in [0.25, 0.3) is 0 Å². The summed E-state index contributed by atoms with van der Waals surface area (Å²) >= 11 is 0. The summed E-state index contributed by atoms with van der Waals surface area (Å²) in [5, 5.41) is 0. The first-order valence-electron chi connectivity index (χ1n) is 7.37. The van der Waals surface area contributed by atoms with E-state index in [2.05, 4.69) is 11.9 Å². The summed E-state index contributed by atoms with van der Waals surface area (Å²) in [6.45, 7) is 5.36. The Hall–Kier alpha value is -1.13. The van der Waals surface area contributed by atoms with Crippen molar-refractivity contribution in [1.82, 2.24) is 4.90 Å². The number of likely N-dealkylation sites (tertiary alicyclic amines) is 1. The Kier molecular flexibility index (Phi) is 5.00. The van der Waals surface area contributed by atoms with E-state index in [0.29, 0.717) is 18.2 Å². The lowest BCUT2D eigenvalue weighted by Gasteiger charge is -2.32. The number of rotatable bonds is 4. The van der Waals surface area contributed by atoms with Gasteiger partial charge in [-0.1, -0.05) is 6.42 Å². The second-order valence-electron chi connectivity index (χ2n) is 5.87. The van der Waals surface area contributed by atoms with Gasteiger partial charge >= 0.3 is 0 Å². The molecule has 112 valence electrons. The van der Waals surface area contributed by atoms with Crippen LogP contribution in [-0.2, 0) is 0 Å². The fourth-order valence-corrected chi connectivity index (χ4v) is 2.69. The predicted octanol–water partition coefficient (Wildman–Crippen LogP) is 3.02. The van der Waals surface area contributed by atoms with Crippen LogP contribution in [0.5, 0.6) is 5.75 Å². The minimum absolute atomic E-state index is 0.223. The molecule has 0 radical (unpaired) electrons. The molecule has 2 atom stereocenters. The Labute approximate surface area is 120 Å². The summed E-state index contributed by atoms with van der Waals surface area (Å²) in [5.41, 5.74) is 7.25. The molecule has 0 bridgehead atoms. The summed E-state index contributed by atoms with van der Waals surface area (Å²) in [6, 6.07) is 3.47. The van der Waals surface area contributed by atoms with Crippen molar-refractivity contribution in [1.29, 1.82) is 0 Å². The van der Waals surface area contributed by atoms with Gasteiger partial charge in [0, 0.05) is 17.6 Å². The maximum absolute atomic E-state index is 13.7. The summed E-state index contributed by atoms with van der Waals surface area (Å²) in [7, 11) is 2.13. The van der Waals surface area contributed by atoms with Gasteiger partial charge in [-0.3, -0.25) is 0 Å². The highest BCUT2D eigenvalue weighted by Crippen LogP contribution is 2.28. The molecule has 1 aromatic rings. The number of hydrogen-bond donors (Lipinski definition) is 1. The molecule has 1 aliphatic rings. The van der Waals surface area contributed by atoms with Gasteiger partial charge in [0.15, 0.2) is 0 Å². The largest absolute Gasteiger partial charge is 0.492 e. The molecule has 1 heterocycles. The predicted molar refractivity (Wildman–Crippen MR) is 79.5 cm³/mol. The van der Waals surface area contributed by atoms with Crippen LogP contribution < -0.4 is 10.5 Å². The number of piperidine rings is 1. The van der Waals surface area contributed by atoms with Gasteiger partial charge in [-0.05, 0) is 58.0 Å². The number of aryl methyl sites for hydroxylation is 1. The lowest BCUT2D eigenvalue weighted by Crippen LogP contribution is -2.40. The van der Waals surface area contributed by atoms with E-state index in [4.69, 9.17) is 10.5 Å². The zero-order chi connectivity index (χ0) is 14.7. The standard InChI is InChI=1S/C16H25FN2O/c1-11-8-16(14(12(2)18)9-15(11)17)20-10-13-6-4-5-7-19(13)3/h8-9,12-13H,4-7,10,18H2,1-3H3/t12-,13?/m0/s1. The van der Waals surface area contributed by atoms with Crippen LogP contribution in [0.2, 0.25) is 0 Å². The van der Waals surface area contributed by atoms with Gasteiger partial charge in [-0.15, -0.1) is 0 Å². The van der Waals surface area contributed by atoms with Crippen molar-refractivity contribution in [3.8, 4) is 5.75 Å². The summed E-state index contributed by atoms with van der Waals surface area (Å²) in [4.78, 5) is 2.34. The summed E-state index contributed by atoms with van der Waals surface area (Å²) in [5.74, 6) is 0.498. The highest BCUT2D eigenvalue weighted by molar-refractivity contribution is 5.39. The minimum atomic E-state index is -0.232. The Bertz CT molecular complexity index is 462. The van der Waals surface area contributed by atoms with E-state index in [1.807, 2.05) is 6.92 Å². The molecule has 1 aromatic carbocycles. The van der Waals surface area contributed by atoms with Crippen LogP contribution in [0.15, 0.2) is 12.1 Å². The smallest absolute Gasteiger partial charge is 0.126 e. The quantitative estimate of drug-likeness (QED) is 0.921. The van der Waals surface area contributed by atoms with E-state index < -0.39 is 0 Å². The van der Waals surface area contributed by atoms with E-state index in [9.17, 15) is 4.39 Å². The van der Waals surface area contributed by atoms with Gasteiger partial charge < -0.3 is 15.4 Å². The molecular weight excluding hydrogens is 255 g/mol. The Morgan fingerprint density at radius 3 is 2.85 bits per heavy atom. The van der Waals surface area contributed by atoms with Gasteiger partial charge in [0.1, 0.15) is 18.2 Å². The number of nitrogens with zero attached hydrogens (tertiary/aromatic N) is 1. The van der Waals surface area contributed by atoms with Gasteiger partial charge in [0.05, 0.1) is 0 Å². The van der Waals surface area contributed by atoms with Crippen molar-refractivity contribution in [2.24, 2.45) is 5.73 Å². The number of halogens is 1. The third kappa shape index (κ3) is 3.49. The van der Waals surface area contributed by atoms with Crippen molar-refractivity contribution in [2.45, 2.75) is 45.2 Å². The van der Waals surface area contributed by atoms with Crippen LogP contribution >= 0.6 is 0 Å². The van der Waals surface area contributed by atoms with E-state index in [0.717, 1.165) is 24.3 Å². The number of ether oxygens (including phenoxy) is 1. The van der Waals surface area contributed by atoms with Crippen molar-refractivity contribution >= 4 is 0 Å². The monoisotopic (exact) mass is 280 g/mol. The average Bonchev–Trinajstić information content (AvgIpc) is 2.41. The molecule has 1 aliphatic heterocycles. The molecule has 1 fully saturated rings. The van der Waals surface area contributed by atoms with Crippen LogP contribution in [0, 0.1) is 12.7 Å². The molecule has 3 nitrogen and oxygen atoms in total. The fraction of sp³-hybridized carbons (Fsp3) is 0.625. The molecule has 1 saturated heterocycles. The van der Waals surface area contributed by atoms with Crippen LogP contribution in [0.1, 0.15) is 43.4 Å². The molecule has 2 rings (SSSR count). The minimum Gasteiger partial charge on any atom is -0.492 e. The maximum Gasteiger partial charge on any atom is 0.126 e. The molecule has 0 saturated carbocycles. The normalized spacial score (nSPS) is 21.8. The number of nitrogens with two attached hydrogens (primary N) is 1. The van der Waals surface area contributed by atoms with Crippen LogP contribution in [0.25, 0.3) is 0 Å². The van der Waals surface area contributed by atoms with Crippen molar-refractivity contribution in [2.75, 3.05) is 20.2 Å². The van der Waals surface area contributed by atoms with E-state index in [1.165, 1.54) is 18.9 Å². The van der Waals surface area contributed by atoms with Crippen LogP contribution in [-0.4, -0.2) is 31.1 Å². The second-order valence-corrected chi connectivity index (χ2v) is 5.87. The third-order valence-corrected chi connectivity index (χ3v) is 4.13. The lowest BCUT2D eigenvalue weighted by molar-refractivity contribution is 0.124. The van der Waals surface area contributed by atoms with Crippen LogP contribution in [0.3, 0.4) is 0 Å². The van der Waals surface area contributed by atoms with Gasteiger partial charge in [0.2, 0.25) is 0 Å². The Morgan fingerprint density at radius 1 is 1.45 bits per heavy atom. The van der Waals surface area contributed by atoms with Crippen LogP contribution in [0.4, 0.5) is 4.39 Å². The molecule has 0 aliphatic carbocycles. The molecule has 0 aromatic heterocycles. The van der Waals surface area contributed by atoms with Gasteiger partial charge in [-0.2, -0.15) is 0 Å². The first-order chi connectivity index (χ1) is 9.49. The third-order valence-electron chi connectivity index (χ3n) is 4.13. The Balaban J connectivity index is 2.10. The number of hydrogen-bond acceptors (Lipinski definition) is 3. The average molecular weight is 280 g/mol. The van der Waals surface area contributed by atoms with Crippen molar-refractivity contribution < 1.29 is 9.13 Å². The molecule has 20 heavy (non-hydrogen) atoms. The first kappa shape index (κ1) is 15.3. The van der Waals surface area contributed by atoms with Crippen molar-refractivity contribution in [3.05, 3.63) is 29.1 Å². The van der Waals surface area contributed by atoms with E-state index in [1.54, 1.807) is 13.0 Å². The van der Waals surface area contributed by atoms with E-state index in [-0.39, 0.29) is 11.9 Å². The number of benzene rings is 1. The highest BCUT2D eigenvalue weighted by atomic mass is 19.1. The molecule has 1 unspecified atom stereocenters. The molecule has 4 heteroatoms. The molecule has 2 N–H and O–H groups in total. The molecule has 0 amide bonds. The molecular formula is C16H25FN2O. The lowest BCUT2D eigenvalue weighted by atomic mass is 10.0. The maximum atomic E-state index is 13.7. The SMILES string of the molecule is Cc1cc(OCC2CCCCN2C)c([C@H](C)N)cc1F. The zero-order valence-corrected chi connectivity index (χ0v) is 12.7. The Morgan fingerprint density at radius 2 is 2.20 bits per heavy atom. The highest BCUT2D eigenvalue weighted by Gasteiger charge is 2.20. The van der Waals surface area contributed by atoms with E-state index >= 15 is 0 Å². The number of likely N-dealkylation sites (N-methyl/N-ethyl adjacent to an activating group) is 1. The summed E-state index contributed by atoms with van der Waals surface area (Å²) in [6.07, 6.45) is 3.67. The zero-order valence-electron chi connectivity index (χ0n) is 12.7.